The number of rotatable bonds is 1. The summed E-state index contributed by atoms with van der Waals surface area (Å²) < 4.78 is 36.9. The molecule has 4 heteroatoms. The average molecular weight is 202 g/mol. The van der Waals surface area contributed by atoms with E-state index in [4.69, 9.17) is 0 Å². The molecule has 0 saturated heterocycles. The predicted octanol–water partition coefficient (Wildman–Crippen LogP) is 2.69. The highest BCUT2D eigenvalue weighted by atomic mass is 19.4. The fourth-order valence-corrected chi connectivity index (χ4v) is 1.39. The molecule has 1 fully saturated rings. The summed E-state index contributed by atoms with van der Waals surface area (Å²) in [7, 11) is 0. The van der Waals surface area contributed by atoms with Crippen molar-refractivity contribution in [2.45, 2.75) is 24.6 Å². The molecular formula is C10H9F3O. The van der Waals surface area contributed by atoms with E-state index in [0.717, 1.165) is 12.1 Å². The Morgan fingerprint density at radius 3 is 2.36 bits per heavy atom. The Morgan fingerprint density at radius 1 is 1.21 bits per heavy atom. The van der Waals surface area contributed by atoms with E-state index in [1.807, 2.05) is 0 Å². The van der Waals surface area contributed by atoms with Crippen LogP contribution in [0.3, 0.4) is 0 Å². The monoisotopic (exact) mass is 202 g/mol. The Labute approximate surface area is 79.2 Å². The fraction of sp³-hybridized carbons (Fsp3) is 0.400. The maximum absolute atomic E-state index is 12.3. The van der Waals surface area contributed by atoms with Crippen LogP contribution in [0.4, 0.5) is 13.2 Å². The molecule has 1 aliphatic carbocycles. The summed E-state index contributed by atoms with van der Waals surface area (Å²) in [6, 6.07) is 4.89. The van der Waals surface area contributed by atoms with Gasteiger partial charge in [0.15, 0.2) is 0 Å². The van der Waals surface area contributed by atoms with Crippen molar-refractivity contribution in [2.75, 3.05) is 0 Å². The first-order valence-electron chi connectivity index (χ1n) is 4.32. The molecular weight excluding hydrogens is 193 g/mol. The van der Waals surface area contributed by atoms with Gasteiger partial charge in [0, 0.05) is 0 Å². The van der Waals surface area contributed by atoms with Gasteiger partial charge in [-0.3, -0.25) is 0 Å². The average Bonchev–Trinajstić information content (AvgIpc) is 2.84. The molecule has 1 N–H and O–H groups in total. The van der Waals surface area contributed by atoms with E-state index in [-0.39, 0.29) is 0 Å². The van der Waals surface area contributed by atoms with Crippen LogP contribution in [0.5, 0.6) is 0 Å². The van der Waals surface area contributed by atoms with Crippen LogP contribution in [0.15, 0.2) is 24.3 Å². The van der Waals surface area contributed by atoms with Crippen LogP contribution in [-0.2, 0) is 11.8 Å². The Hall–Kier alpha value is -1.03. The second-order valence-electron chi connectivity index (χ2n) is 3.61. The highest BCUT2D eigenvalue weighted by Gasteiger charge is 2.43. The van der Waals surface area contributed by atoms with Gasteiger partial charge in [0.25, 0.3) is 0 Å². The van der Waals surface area contributed by atoms with E-state index < -0.39 is 17.3 Å². The summed E-state index contributed by atoms with van der Waals surface area (Å²) in [6.07, 6.45) is -3.23. The van der Waals surface area contributed by atoms with Crippen LogP contribution < -0.4 is 0 Å². The number of hydrogen-bond acceptors (Lipinski definition) is 1. The maximum Gasteiger partial charge on any atom is 0.416 e. The maximum atomic E-state index is 12.3. The van der Waals surface area contributed by atoms with Crippen molar-refractivity contribution in [3.63, 3.8) is 0 Å². The van der Waals surface area contributed by atoms with Gasteiger partial charge in [0.2, 0.25) is 0 Å². The van der Waals surface area contributed by atoms with Crippen molar-refractivity contribution in [1.82, 2.24) is 0 Å². The number of benzene rings is 1. The van der Waals surface area contributed by atoms with Gasteiger partial charge in [-0.25, -0.2) is 0 Å². The third-order valence-corrected chi connectivity index (χ3v) is 2.45. The molecule has 0 atom stereocenters. The summed E-state index contributed by atoms with van der Waals surface area (Å²) in [5.74, 6) is 0. The van der Waals surface area contributed by atoms with E-state index in [0.29, 0.717) is 18.4 Å². The Morgan fingerprint density at radius 2 is 1.86 bits per heavy atom. The van der Waals surface area contributed by atoms with Crippen LogP contribution >= 0.6 is 0 Å². The molecule has 1 aliphatic rings. The van der Waals surface area contributed by atoms with Gasteiger partial charge in [-0.1, -0.05) is 12.1 Å². The normalized spacial score (nSPS) is 19.4. The van der Waals surface area contributed by atoms with Crippen LogP contribution in [-0.4, -0.2) is 5.11 Å². The van der Waals surface area contributed by atoms with Gasteiger partial charge in [0.1, 0.15) is 0 Å². The van der Waals surface area contributed by atoms with Crippen LogP contribution in [0.1, 0.15) is 24.0 Å². The third-order valence-electron chi connectivity index (χ3n) is 2.45. The molecule has 0 bridgehead atoms. The smallest absolute Gasteiger partial charge is 0.385 e. The Kier molecular flexibility index (Phi) is 1.86. The van der Waals surface area contributed by atoms with E-state index in [1.54, 1.807) is 0 Å². The van der Waals surface area contributed by atoms with E-state index in [1.165, 1.54) is 12.1 Å². The SMILES string of the molecule is OC1(c2cccc(C(F)(F)F)c2)CC1. The molecule has 0 aromatic heterocycles. The number of aliphatic hydroxyl groups is 1. The molecule has 0 radical (unpaired) electrons. The van der Waals surface area contributed by atoms with E-state index in [9.17, 15) is 18.3 Å². The molecule has 2 rings (SSSR count). The molecule has 0 unspecified atom stereocenters. The quantitative estimate of drug-likeness (QED) is 0.742. The standard InChI is InChI=1S/C10H9F3O/c11-10(12,13)8-3-1-2-7(6-8)9(14)4-5-9/h1-3,6,14H,4-5H2. The lowest BCUT2D eigenvalue weighted by Gasteiger charge is -2.11. The summed E-state index contributed by atoms with van der Waals surface area (Å²) >= 11 is 0. The molecule has 0 aliphatic heterocycles. The molecule has 76 valence electrons. The lowest BCUT2D eigenvalue weighted by atomic mass is 10.0. The molecule has 14 heavy (non-hydrogen) atoms. The lowest BCUT2D eigenvalue weighted by Crippen LogP contribution is -2.09. The minimum atomic E-state index is -4.33. The van der Waals surface area contributed by atoms with Gasteiger partial charge < -0.3 is 5.11 Å². The molecule has 1 aromatic carbocycles. The number of hydrogen-bond donors (Lipinski definition) is 1. The highest BCUT2D eigenvalue weighted by Crippen LogP contribution is 2.46. The predicted molar refractivity (Wildman–Crippen MR) is 44.6 cm³/mol. The Balaban J connectivity index is 2.37. The topological polar surface area (TPSA) is 20.2 Å². The second-order valence-corrected chi connectivity index (χ2v) is 3.61. The zero-order valence-electron chi connectivity index (χ0n) is 7.30. The zero-order valence-corrected chi connectivity index (χ0v) is 7.30. The first kappa shape index (κ1) is 9.52. The van der Waals surface area contributed by atoms with Crippen LogP contribution in [0.25, 0.3) is 0 Å². The molecule has 0 heterocycles. The number of halogens is 3. The summed E-state index contributed by atoms with van der Waals surface area (Å²) in [6.45, 7) is 0. The minimum Gasteiger partial charge on any atom is -0.385 e. The second kappa shape index (κ2) is 2.73. The van der Waals surface area contributed by atoms with Crippen molar-refractivity contribution in [3.8, 4) is 0 Å². The largest absolute Gasteiger partial charge is 0.416 e. The van der Waals surface area contributed by atoms with Gasteiger partial charge in [-0.2, -0.15) is 13.2 Å². The third kappa shape index (κ3) is 1.62. The molecule has 0 amide bonds. The van der Waals surface area contributed by atoms with Gasteiger partial charge >= 0.3 is 6.18 Å². The van der Waals surface area contributed by atoms with Gasteiger partial charge in [0.05, 0.1) is 11.2 Å². The minimum absolute atomic E-state index is 0.368. The first-order chi connectivity index (χ1) is 6.42. The Bertz CT molecular complexity index is 332. The zero-order chi connectivity index (χ0) is 10.4. The summed E-state index contributed by atoms with van der Waals surface area (Å²) in [5.41, 5.74) is -1.33. The van der Waals surface area contributed by atoms with Crippen molar-refractivity contribution in [1.29, 1.82) is 0 Å². The van der Waals surface area contributed by atoms with Crippen LogP contribution in [0.2, 0.25) is 0 Å². The van der Waals surface area contributed by atoms with Gasteiger partial charge in [-0.05, 0) is 30.5 Å². The molecule has 1 nitrogen and oxygen atoms in total. The van der Waals surface area contributed by atoms with Crippen molar-refractivity contribution in [2.24, 2.45) is 0 Å². The molecule has 1 aromatic rings. The van der Waals surface area contributed by atoms with E-state index in [2.05, 4.69) is 0 Å². The van der Waals surface area contributed by atoms with Gasteiger partial charge in [-0.15, -0.1) is 0 Å². The van der Waals surface area contributed by atoms with Crippen molar-refractivity contribution >= 4 is 0 Å². The molecule has 0 spiro atoms. The van der Waals surface area contributed by atoms with Crippen molar-refractivity contribution in [3.05, 3.63) is 35.4 Å². The van der Waals surface area contributed by atoms with Crippen LogP contribution in [0, 0.1) is 0 Å². The van der Waals surface area contributed by atoms with E-state index >= 15 is 0 Å². The highest BCUT2D eigenvalue weighted by molar-refractivity contribution is 5.32. The lowest BCUT2D eigenvalue weighted by molar-refractivity contribution is -0.137. The first-order valence-corrected chi connectivity index (χ1v) is 4.32. The fourth-order valence-electron chi connectivity index (χ4n) is 1.39. The van der Waals surface area contributed by atoms with Crippen molar-refractivity contribution < 1.29 is 18.3 Å². The molecule has 1 saturated carbocycles. The summed E-state index contributed by atoms with van der Waals surface area (Å²) in [5, 5.41) is 9.62. The summed E-state index contributed by atoms with van der Waals surface area (Å²) in [4.78, 5) is 0. The number of alkyl halides is 3.